The maximum Gasteiger partial charge on any atom is 0.341 e. The monoisotopic (exact) mass is 340 g/mol. The second kappa shape index (κ2) is 7.36. The van der Waals surface area contributed by atoms with Gasteiger partial charge in [0, 0.05) is 30.9 Å². The van der Waals surface area contributed by atoms with Gasteiger partial charge in [-0.2, -0.15) is 0 Å². The highest BCUT2D eigenvalue weighted by Crippen LogP contribution is 2.26. The van der Waals surface area contributed by atoms with Crippen LogP contribution in [0.5, 0.6) is 5.75 Å². The fourth-order valence-corrected chi connectivity index (χ4v) is 2.87. The van der Waals surface area contributed by atoms with Crippen molar-refractivity contribution in [1.82, 2.24) is 4.90 Å². The van der Waals surface area contributed by atoms with E-state index in [4.69, 9.17) is 9.84 Å². The van der Waals surface area contributed by atoms with Crippen molar-refractivity contribution in [3.8, 4) is 5.75 Å². The first-order valence-electron chi connectivity index (χ1n) is 8.07. The van der Waals surface area contributed by atoms with Crippen LogP contribution in [0.15, 0.2) is 48.5 Å². The summed E-state index contributed by atoms with van der Waals surface area (Å²) in [4.78, 5) is 27.5. The summed E-state index contributed by atoms with van der Waals surface area (Å²) in [6, 6.07) is 14.5. The molecular formula is C19H20N2O4. The number of amides is 1. The van der Waals surface area contributed by atoms with Crippen LogP contribution in [0.25, 0.3) is 0 Å². The second-order valence-corrected chi connectivity index (χ2v) is 6.03. The van der Waals surface area contributed by atoms with Gasteiger partial charge in [0.05, 0.1) is 0 Å². The SMILES string of the molecule is CN1CCN(C(=O)c2ccc(OCC(=O)O)cc2)c2ccccc2C1. The third-order valence-electron chi connectivity index (χ3n) is 4.14. The fraction of sp³-hybridized carbons (Fsp3) is 0.263. The molecule has 0 saturated carbocycles. The normalized spacial score (nSPS) is 14.5. The Kier molecular flexibility index (Phi) is 5.00. The number of hydrogen-bond donors (Lipinski definition) is 1. The van der Waals surface area contributed by atoms with Crippen LogP contribution in [0, 0.1) is 0 Å². The Morgan fingerprint density at radius 3 is 2.52 bits per heavy atom. The van der Waals surface area contributed by atoms with Crippen LogP contribution in [-0.2, 0) is 11.3 Å². The number of carbonyl (C=O) groups is 2. The van der Waals surface area contributed by atoms with E-state index >= 15 is 0 Å². The van der Waals surface area contributed by atoms with E-state index in [1.54, 1.807) is 29.2 Å². The lowest BCUT2D eigenvalue weighted by Crippen LogP contribution is -2.35. The third kappa shape index (κ3) is 3.97. The van der Waals surface area contributed by atoms with Gasteiger partial charge in [0.1, 0.15) is 5.75 Å². The van der Waals surface area contributed by atoms with E-state index in [1.807, 2.05) is 31.3 Å². The van der Waals surface area contributed by atoms with Crippen LogP contribution in [0.4, 0.5) is 5.69 Å². The zero-order valence-corrected chi connectivity index (χ0v) is 14.0. The Hall–Kier alpha value is -2.86. The van der Waals surface area contributed by atoms with E-state index < -0.39 is 12.6 Å². The molecular weight excluding hydrogens is 320 g/mol. The highest BCUT2D eigenvalue weighted by Gasteiger charge is 2.23. The number of ether oxygens (including phenoxy) is 1. The van der Waals surface area contributed by atoms with Gasteiger partial charge in [0.15, 0.2) is 6.61 Å². The number of fused-ring (bicyclic) bond motifs is 1. The third-order valence-corrected chi connectivity index (χ3v) is 4.14. The minimum absolute atomic E-state index is 0.0764. The number of nitrogens with zero attached hydrogens (tertiary/aromatic N) is 2. The molecule has 0 aliphatic carbocycles. The zero-order chi connectivity index (χ0) is 17.8. The molecule has 1 aliphatic rings. The number of rotatable bonds is 4. The molecule has 0 aromatic heterocycles. The summed E-state index contributed by atoms with van der Waals surface area (Å²) in [6.07, 6.45) is 0. The molecule has 2 aromatic rings. The summed E-state index contributed by atoms with van der Waals surface area (Å²) in [5.41, 5.74) is 2.60. The minimum Gasteiger partial charge on any atom is -0.482 e. The topological polar surface area (TPSA) is 70.1 Å². The molecule has 3 rings (SSSR count). The van der Waals surface area contributed by atoms with Crippen LogP contribution in [-0.4, -0.2) is 48.6 Å². The maximum absolute atomic E-state index is 13.0. The van der Waals surface area contributed by atoms with Gasteiger partial charge >= 0.3 is 5.97 Å². The molecule has 0 bridgehead atoms. The molecule has 0 radical (unpaired) electrons. The van der Waals surface area contributed by atoms with Crippen molar-refractivity contribution in [2.45, 2.75) is 6.54 Å². The number of carboxylic acids is 1. The van der Waals surface area contributed by atoms with Gasteiger partial charge in [-0.1, -0.05) is 18.2 Å². The summed E-state index contributed by atoms with van der Waals surface area (Å²) in [7, 11) is 2.04. The number of aliphatic carboxylic acids is 1. The molecule has 1 N–H and O–H groups in total. The summed E-state index contributed by atoms with van der Waals surface area (Å²) in [6.45, 7) is 1.81. The van der Waals surface area contributed by atoms with Crippen LogP contribution >= 0.6 is 0 Å². The van der Waals surface area contributed by atoms with Gasteiger partial charge in [0.2, 0.25) is 0 Å². The average Bonchev–Trinajstić information content (AvgIpc) is 2.78. The van der Waals surface area contributed by atoms with Crippen LogP contribution in [0.2, 0.25) is 0 Å². The Morgan fingerprint density at radius 1 is 1.08 bits per heavy atom. The first-order valence-corrected chi connectivity index (χ1v) is 8.07. The molecule has 0 atom stereocenters. The van der Waals surface area contributed by atoms with Gasteiger partial charge in [-0.05, 0) is 42.9 Å². The van der Waals surface area contributed by atoms with E-state index in [2.05, 4.69) is 4.90 Å². The Balaban J connectivity index is 1.81. The van der Waals surface area contributed by atoms with E-state index in [9.17, 15) is 9.59 Å². The summed E-state index contributed by atoms with van der Waals surface area (Å²) >= 11 is 0. The van der Waals surface area contributed by atoms with Crippen molar-refractivity contribution >= 4 is 17.6 Å². The van der Waals surface area contributed by atoms with Gasteiger partial charge < -0.3 is 19.6 Å². The molecule has 0 unspecified atom stereocenters. The molecule has 1 amide bonds. The van der Waals surface area contributed by atoms with Crippen LogP contribution in [0.3, 0.4) is 0 Å². The maximum atomic E-state index is 13.0. The highest BCUT2D eigenvalue weighted by molar-refractivity contribution is 6.06. The lowest BCUT2D eigenvalue weighted by molar-refractivity contribution is -0.139. The van der Waals surface area contributed by atoms with E-state index in [0.29, 0.717) is 17.9 Å². The first-order chi connectivity index (χ1) is 12.0. The molecule has 1 aliphatic heterocycles. The lowest BCUT2D eigenvalue weighted by atomic mass is 10.1. The Labute approximate surface area is 146 Å². The van der Waals surface area contributed by atoms with Crippen molar-refractivity contribution in [2.75, 3.05) is 31.6 Å². The average molecular weight is 340 g/mol. The van der Waals surface area contributed by atoms with Gasteiger partial charge in [-0.3, -0.25) is 4.79 Å². The molecule has 0 saturated heterocycles. The summed E-state index contributed by atoms with van der Waals surface area (Å²) in [5, 5.41) is 8.64. The summed E-state index contributed by atoms with van der Waals surface area (Å²) < 4.78 is 5.11. The predicted molar refractivity (Wildman–Crippen MR) is 94.0 cm³/mol. The van der Waals surface area contributed by atoms with Gasteiger partial charge in [0.25, 0.3) is 5.91 Å². The number of likely N-dealkylation sites (N-methyl/N-ethyl adjacent to an activating group) is 1. The van der Waals surface area contributed by atoms with E-state index in [-0.39, 0.29) is 5.91 Å². The van der Waals surface area contributed by atoms with Crippen molar-refractivity contribution in [1.29, 1.82) is 0 Å². The molecule has 1 heterocycles. The molecule has 25 heavy (non-hydrogen) atoms. The number of hydrogen-bond acceptors (Lipinski definition) is 4. The van der Waals surface area contributed by atoms with Gasteiger partial charge in [-0.25, -0.2) is 4.79 Å². The van der Waals surface area contributed by atoms with E-state index in [0.717, 1.165) is 24.3 Å². The molecule has 2 aromatic carbocycles. The number of anilines is 1. The number of para-hydroxylation sites is 1. The van der Waals surface area contributed by atoms with Crippen molar-refractivity contribution < 1.29 is 19.4 Å². The van der Waals surface area contributed by atoms with E-state index in [1.165, 1.54) is 0 Å². The second-order valence-electron chi connectivity index (χ2n) is 6.03. The van der Waals surface area contributed by atoms with Crippen molar-refractivity contribution in [3.63, 3.8) is 0 Å². The standard InChI is InChI=1S/C19H20N2O4/c1-20-10-11-21(17-5-3-2-4-15(17)12-20)19(24)14-6-8-16(9-7-14)25-13-18(22)23/h2-9H,10-13H2,1H3,(H,22,23). The number of carbonyl (C=O) groups excluding carboxylic acids is 1. The summed E-state index contributed by atoms with van der Waals surface area (Å²) in [5.74, 6) is -0.687. The minimum atomic E-state index is -1.04. The molecule has 0 spiro atoms. The molecule has 6 nitrogen and oxygen atoms in total. The zero-order valence-electron chi connectivity index (χ0n) is 14.0. The van der Waals surface area contributed by atoms with Crippen LogP contribution < -0.4 is 9.64 Å². The predicted octanol–water partition coefficient (Wildman–Crippen LogP) is 2.24. The fourth-order valence-electron chi connectivity index (χ4n) is 2.87. The first kappa shape index (κ1) is 17.0. The van der Waals surface area contributed by atoms with Gasteiger partial charge in [-0.15, -0.1) is 0 Å². The highest BCUT2D eigenvalue weighted by atomic mass is 16.5. The largest absolute Gasteiger partial charge is 0.482 e. The Morgan fingerprint density at radius 2 is 1.80 bits per heavy atom. The lowest BCUT2D eigenvalue weighted by Gasteiger charge is -2.23. The van der Waals surface area contributed by atoms with Crippen LogP contribution in [0.1, 0.15) is 15.9 Å². The molecule has 6 heteroatoms. The molecule has 130 valence electrons. The smallest absolute Gasteiger partial charge is 0.341 e. The Bertz CT molecular complexity index is 773. The number of benzene rings is 2. The quantitative estimate of drug-likeness (QED) is 0.924. The number of carboxylic acid groups (broad SMARTS) is 1. The van der Waals surface area contributed by atoms with Crippen molar-refractivity contribution in [3.05, 3.63) is 59.7 Å². The van der Waals surface area contributed by atoms with Crippen molar-refractivity contribution in [2.24, 2.45) is 0 Å². The molecule has 0 fully saturated rings.